The molecule has 3 aromatic rings. The fraction of sp³-hybridized carbons (Fsp3) is 0.250. The van der Waals surface area contributed by atoms with Gasteiger partial charge in [0.05, 0.1) is 12.1 Å². The summed E-state index contributed by atoms with van der Waals surface area (Å²) in [6.45, 7) is 0.186. The quantitative estimate of drug-likeness (QED) is 0.369. The number of halogens is 7. The maximum absolute atomic E-state index is 14.3. The molecule has 0 radical (unpaired) electrons. The number of benzene rings is 3. The predicted molar refractivity (Wildman–Crippen MR) is 112 cm³/mol. The highest BCUT2D eigenvalue weighted by molar-refractivity contribution is 5.52. The fourth-order valence-electron chi connectivity index (χ4n) is 3.14. The van der Waals surface area contributed by atoms with Crippen molar-refractivity contribution >= 4 is 5.69 Å². The Labute approximate surface area is 191 Å². The van der Waals surface area contributed by atoms with Crippen LogP contribution in [0.1, 0.15) is 16.7 Å². The number of hydrogen-bond acceptors (Lipinski definition) is 3. The van der Waals surface area contributed by atoms with Gasteiger partial charge in [0, 0.05) is 23.9 Å². The van der Waals surface area contributed by atoms with E-state index >= 15 is 0 Å². The van der Waals surface area contributed by atoms with Crippen LogP contribution in [0, 0.1) is 12.7 Å². The van der Waals surface area contributed by atoms with Crippen LogP contribution in [0.4, 0.5) is 36.4 Å². The Hall–Kier alpha value is -3.27. The molecule has 3 rings (SSSR count). The molecule has 10 heteroatoms. The number of hydrogen-bond donors (Lipinski definition) is 1. The van der Waals surface area contributed by atoms with Gasteiger partial charge in [-0.3, -0.25) is 0 Å². The van der Waals surface area contributed by atoms with Crippen molar-refractivity contribution in [3.05, 3.63) is 89.2 Å². The van der Waals surface area contributed by atoms with Crippen molar-refractivity contribution in [2.45, 2.75) is 31.9 Å². The number of aliphatic hydroxyl groups excluding tert-OH is 1. The number of rotatable bonds is 7. The van der Waals surface area contributed by atoms with E-state index in [9.17, 15) is 35.8 Å². The van der Waals surface area contributed by atoms with E-state index < -0.39 is 48.5 Å². The Kier molecular flexibility index (Phi) is 7.40. The highest BCUT2D eigenvalue weighted by Gasteiger charge is 2.39. The normalized spacial score (nSPS) is 13.0. The van der Waals surface area contributed by atoms with Gasteiger partial charge in [0.15, 0.2) is 6.10 Å². The van der Waals surface area contributed by atoms with Crippen molar-refractivity contribution in [1.82, 2.24) is 0 Å². The van der Waals surface area contributed by atoms with E-state index in [-0.39, 0.29) is 11.4 Å². The zero-order chi connectivity index (χ0) is 25.1. The molecule has 3 nitrogen and oxygen atoms in total. The first-order chi connectivity index (χ1) is 15.8. The molecule has 0 amide bonds. The minimum absolute atomic E-state index is 0.0877. The molecule has 1 unspecified atom stereocenters. The monoisotopic (exact) mass is 487 g/mol. The van der Waals surface area contributed by atoms with Crippen LogP contribution in [0.2, 0.25) is 0 Å². The third kappa shape index (κ3) is 6.63. The van der Waals surface area contributed by atoms with E-state index in [1.807, 2.05) is 6.92 Å². The average molecular weight is 487 g/mol. The van der Waals surface area contributed by atoms with Crippen LogP contribution in [-0.2, 0) is 12.7 Å². The average Bonchev–Trinajstić information content (AvgIpc) is 2.75. The molecule has 0 aliphatic rings. The molecule has 34 heavy (non-hydrogen) atoms. The summed E-state index contributed by atoms with van der Waals surface area (Å²) < 4.78 is 98.3. The highest BCUT2D eigenvalue weighted by atomic mass is 19.4. The first-order valence-electron chi connectivity index (χ1n) is 10.0. The molecule has 0 heterocycles. The second-order valence-electron chi connectivity index (χ2n) is 7.65. The van der Waals surface area contributed by atoms with Gasteiger partial charge >= 0.3 is 12.4 Å². The van der Waals surface area contributed by atoms with Crippen molar-refractivity contribution in [1.29, 1.82) is 0 Å². The molecule has 1 atom stereocenters. The predicted octanol–water partition coefficient (Wildman–Crippen LogP) is 6.88. The lowest BCUT2D eigenvalue weighted by Crippen LogP contribution is -2.41. The second-order valence-corrected chi connectivity index (χ2v) is 7.65. The van der Waals surface area contributed by atoms with Crippen LogP contribution < -0.4 is 9.64 Å². The molecular formula is C24H20F7NO2. The van der Waals surface area contributed by atoms with Gasteiger partial charge in [-0.25, -0.2) is 4.39 Å². The number of ether oxygens (including phenoxy) is 1. The van der Waals surface area contributed by atoms with Crippen molar-refractivity contribution in [2.24, 2.45) is 0 Å². The van der Waals surface area contributed by atoms with Gasteiger partial charge in [0.2, 0.25) is 0 Å². The largest absolute Gasteiger partial charge is 0.457 e. The molecule has 0 aliphatic carbocycles. The summed E-state index contributed by atoms with van der Waals surface area (Å²) in [6.07, 6.45) is -12.6. The second kappa shape index (κ2) is 9.92. The first-order valence-corrected chi connectivity index (χ1v) is 10.0. The van der Waals surface area contributed by atoms with Crippen molar-refractivity contribution in [3.8, 4) is 11.5 Å². The third-order valence-electron chi connectivity index (χ3n) is 4.94. The fourth-order valence-corrected chi connectivity index (χ4v) is 3.14. The van der Waals surface area contributed by atoms with Gasteiger partial charge in [-0.1, -0.05) is 23.8 Å². The summed E-state index contributed by atoms with van der Waals surface area (Å²) in [5.41, 5.74) is -0.549. The van der Waals surface area contributed by atoms with Gasteiger partial charge in [0.1, 0.15) is 17.3 Å². The highest BCUT2D eigenvalue weighted by Crippen LogP contribution is 2.33. The van der Waals surface area contributed by atoms with Crippen LogP contribution in [0.3, 0.4) is 0 Å². The molecule has 1 N–H and O–H groups in total. The minimum atomic E-state index is -4.99. The summed E-state index contributed by atoms with van der Waals surface area (Å²) in [6, 6.07) is 14.4. The standard InChI is InChI=1S/C24H20F7NO2/c1-15-5-8-19(9-6-15)34-20-4-2-3-18(12-20)32(14-22(33)24(29,30)31)13-16-11-17(23(26,27)28)7-10-21(16)25/h2-12,22,33H,13-14H2,1H3. The van der Waals surface area contributed by atoms with Crippen LogP contribution >= 0.6 is 0 Å². The number of anilines is 1. The Balaban J connectivity index is 1.94. The molecule has 0 aliphatic heterocycles. The van der Waals surface area contributed by atoms with Gasteiger partial charge in [-0.2, -0.15) is 26.3 Å². The Bertz CT molecular complexity index is 1110. The smallest absolute Gasteiger partial charge is 0.416 e. The van der Waals surface area contributed by atoms with E-state index in [4.69, 9.17) is 4.74 Å². The number of alkyl halides is 6. The maximum atomic E-state index is 14.3. The summed E-state index contributed by atoms with van der Waals surface area (Å²) in [5, 5.41) is 9.61. The van der Waals surface area contributed by atoms with Crippen LogP contribution in [-0.4, -0.2) is 23.9 Å². The molecule has 0 bridgehead atoms. The first kappa shape index (κ1) is 25.4. The van der Waals surface area contributed by atoms with E-state index in [0.717, 1.165) is 10.5 Å². The van der Waals surface area contributed by atoms with Crippen molar-refractivity contribution in [3.63, 3.8) is 0 Å². The molecule has 0 saturated heterocycles. The van der Waals surface area contributed by atoms with Gasteiger partial charge < -0.3 is 14.7 Å². The molecule has 0 saturated carbocycles. The van der Waals surface area contributed by atoms with Crippen LogP contribution in [0.5, 0.6) is 11.5 Å². The number of aliphatic hydroxyl groups is 1. The van der Waals surface area contributed by atoms with Crippen molar-refractivity contribution < 1.29 is 40.6 Å². The van der Waals surface area contributed by atoms with Gasteiger partial charge in [0.25, 0.3) is 0 Å². The molecule has 0 fully saturated rings. The summed E-state index contributed by atoms with van der Waals surface area (Å²) >= 11 is 0. The molecule has 182 valence electrons. The Morgan fingerprint density at radius 3 is 2.18 bits per heavy atom. The van der Waals surface area contributed by atoms with Crippen LogP contribution in [0.25, 0.3) is 0 Å². The number of nitrogens with zero attached hydrogens (tertiary/aromatic N) is 1. The third-order valence-corrected chi connectivity index (χ3v) is 4.94. The van der Waals surface area contributed by atoms with E-state index in [1.165, 1.54) is 24.3 Å². The Morgan fingerprint density at radius 2 is 1.56 bits per heavy atom. The van der Waals surface area contributed by atoms with E-state index in [1.54, 1.807) is 24.3 Å². The molecular weight excluding hydrogens is 467 g/mol. The molecule has 3 aromatic carbocycles. The molecule has 0 spiro atoms. The lowest BCUT2D eigenvalue weighted by atomic mass is 10.1. The molecule has 0 aromatic heterocycles. The minimum Gasteiger partial charge on any atom is -0.457 e. The lowest BCUT2D eigenvalue weighted by molar-refractivity contribution is -0.200. The van der Waals surface area contributed by atoms with Crippen LogP contribution in [0.15, 0.2) is 66.7 Å². The maximum Gasteiger partial charge on any atom is 0.416 e. The van der Waals surface area contributed by atoms with Crippen molar-refractivity contribution in [2.75, 3.05) is 11.4 Å². The van der Waals surface area contributed by atoms with Gasteiger partial charge in [-0.15, -0.1) is 0 Å². The SMILES string of the molecule is Cc1ccc(Oc2cccc(N(Cc3cc(C(F)(F)F)ccc3F)CC(O)C(F)(F)F)c2)cc1. The lowest BCUT2D eigenvalue weighted by Gasteiger charge is -2.29. The zero-order valence-electron chi connectivity index (χ0n) is 17.8. The summed E-state index contributed by atoms with van der Waals surface area (Å²) in [7, 11) is 0. The van der Waals surface area contributed by atoms with Gasteiger partial charge in [-0.05, 0) is 49.4 Å². The summed E-state index contributed by atoms with van der Waals surface area (Å²) in [4.78, 5) is 0.943. The topological polar surface area (TPSA) is 32.7 Å². The number of aryl methyl sites for hydroxylation is 1. The summed E-state index contributed by atoms with van der Waals surface area (Å²) in [5.74, 6) is -0.336. The van der Waals surface area contributed by atoms with E-state index in [0.29, 0.717) is 23.9 Å². The van der Waals surface area contributed by atoms with E-state index in [2.05, 4.69) is 0 Å². The Morgan fingerprint density at radius 1 is 0.882 bits per heavy atom. The zero-order valence-corrected chi connectivity index (χ0v) is 17.8.